The fraction of sp³-hybridized carbons (Fsp3) is 0.276. The van der Waals surface area contributed by atoms with Gasteiger partial charge in [-0.15, -0.1) is 0 Å². The zero-order valence-corrected chi connectivity index (χ0v) is 22.8. The lowest BCUT2D eigenvalue weighted by molar-refractivity contribution is 0.0953. The lowest BCUT2D eigenvalue weighted by Crippen LogP contribution is -2.34. The van der Waals surface area contributed by atoms with Gasteiger partial charge >= 0.3 is 0 Å². The van der Waals surface area contributed by atoms with Crippen molar-refractivity contribution in [3.63, 3.8) is 0 Å². The van der Waals surface area contributed by atoms with Crippen LogP contribution >= 0.6 is 15.9 Å². The van der Waals surface area contributed by atoms with E-state index in [0.717, 1.165) is 45.4 Å². The molecule has 0 saturated heterocycles. The van der Waals surface area contributed by atoms with E-state index in [4.69, 9.17) is 23.7 Å². The molecule has 2 heterocycles. The molecule has 0 amide bonds. The van der Waals surface area contributed by atoms with Crippen molar-refractivity contribution in [3.8, 4) is 28.7 Å². The molecule has 192 valence electrons. The van der Waals surface area contributed by atoms with E-state index in [2.05, 4.69) is 20.8 Å². The summed E-state index contributed by atoms with van der Waals surface area (Å²) in [5.41, 5.74) is 4.28. The number of nitrogens with zero attached hydrogens (tertiary/aromatic N) is 1. The van der Waals surface area contributed by atoms with Gasteiger partial charge in [-0.2, -0.15) is 0 Å². The normalized spacial score (nSPS) is 15.6. The number of carbonyl (C=O) groups is 1. The smallest absolute Gasteiger partial charge is 0.231 e. The monoisotopic (exact) mass is 565 g/mol. The number of hydrogen-bond donors (Lipinski definition) is 0. The minimum absolute atomic E-state index is 0.148. The maximum atomic E-state index is 13.3. The number of ketones is 1. The second-order valence-electron chi connectivity index (χ2n) is 8.96. The van der Waals surface area contributed by atoms with Gasteiger partial charge in [0.1, 0.15) is 24.0 Å². The predicted molar refractivity (Wildman–Crippen MR) is 144 cm³/mol. The van der Waals surface area contributed by atoms with Gasteiger partial charge in [0.05, 0.1) is 26.9 Å². The summed E-state index contributed by atoms with van der Waals surface area (Å²) in [7, 11) is 4.87. The van der Waals surface area contributed by atoms with Crippen molar-refractivity contribution in [1.29, 1.82) is 0 Å². The van der Waals surface area contributed by atoms with Gasteiger partial charge in [-0.25, -0.2) is 0 Å². The lowest BCUT2D eigenvalue weighted by atomic mass is 9.99. The molecule has 0 saturated carbocycles. The number of allylic oxidation sites excluding steroid dienone is 1. The molecular formula is C29H28BrNO6. The van der Waals surface area contributed by atoms with E-state index in [-0.39, 0.29) is 11.5 Å². The first-order valence-electron chi connectivity index (χ1n) is 11.9. The summed E-state index contributed by atoms with van der Waals surface area (Å²) in [4.78, 5) is 15.5. The van der Waals surface area contributed by atoms with Crippen molar-refractivity contribution < 1.29 is 28.5 Å². The number of fused-ring (bicyclic) bond motifs is 2. The van der Waals surface area contributed by atoms with E-state index in [9.17, 15) is 4.79 Å². The zero-order chi connectivity index (χ0) is 26.1. The molecule has 0 aliphatic carbocycles. The third kappa shape index (κ3) is 4.91. The molecule has 3 aromatic carbocycles. The van der Waals surface area contributed by atoms with Crippen LogP contribution in [0.1, 0.15) is 32.6 Å². The molecule has 7 nitrogen and oxygen atoms in total. The maximum absolute atomic E-state index is 13.3. The molecule has 0 atom stereocenters. The van der Waals surface area contributed by atoms with Gasteiger partial charge in [-0.1, -0.05) is 22.0 Å². The van der Waals surface area contributed by atoms with E-state index < -0.39 is 0 Å². The highest BCUT2D eigenvalue weighted by Crippen LogP contribution is 2.43. The molecule has 0 aromatic heterocycles. The third-order valence-electron chi connectivity index (χ3n) is 6.64. The lowest BCUT2D eigenvalue weighted by Gasteiger charge is -2.30. The van der Waals surface area contributed by atoms with Crippen molar-refractivity contribution in [2.24, 2.45) is 0 Å². The van der Waals surface area contributed by atoms with Gasteiger partial charge in [0, 0.05) is 34.3 Å². The number of ether oxygens (including phenoxy) is 5. The molecular weight excluding hydrogens is 538 g/mol. The molecule has 3 aromatic rings. The molecule has 0 N–H and O–H groups in total. The van der Waals surface area contributed by atoms with Crippen LogP contribution in [0.15, 0.2) is 52.7 Å². The molecule has 2 aliphatic rings. The first-order chi connectivity index (χ1) is 17.9. The first-order valence-corrected chi connectivity index (χ1v) is 12.7. The highest BCUT2D eigenvalue weighted by atomic mass is 79.9. The first kappa shape index (κ1) is 25.2. The standard InChI is InChI=1S/C29H28BrNO6/c1-17-28-20(15-31(16-36-28)10-9-18-5-7-24(34-3)25(11-18)35-4)13-22-27(32)26(37-29(17)22)14-19-12-21(30)6-8-23(19)33-2/h5-8,11-14H,9-10,15-16H2,1-4H3/b26-14-. The van der Waals surface area contributed by atoms with E-state index in [0.29, 0.717) is 41.8 Å². The predicted octanol–water partition coefficient (Wildman–Crippen LogP) is 5.79. The second kappa shape index (κ2) is 10.5. The Morgan fingerprint density at radius 1 is 0.973 bits per heavy atom. The largest absolute Gasteiger partial charge is 0.496 e. The van der Waals surface area contributed by atoms with Crippen molar-refractivity contribution >= 4 is 27.8 Å². The van der Waals surface area contributed by atoms with E-state index >= 15 is 0 Å². The Kier molecular flexibility index (Phi) is 7.13. The minimum atomic E-state index is -0.148. The SMILES string of the molecule is COc1ccc(Br)cc1/C=C1\Oc2c(cc3c(c2C)OCN(CCc2ccc(OC)c(OC)c2)C3)C1=O. The van der Waals surface area contributed by atoms with Crippen LogP contribution in [0, 0.1) is 6.92 Å². The average Bonchev–Trinajstić information content (AvgIpc) is 3.22. The van der Waals surface area contributed by atoms with Gasteiger partial charge in [-0.3, -0.25) is 9.69 Å². The van der Waals surface area contributed by atoms with Gasteiger partial charge in [-0.05, 0) is 61.4 Å². The minimum Gasteiger partial charge on any atom is -0.496 e. The number of halogens is 1. The van der Waals surface area contributed by atoms with Crippen molar-refractivity contribution in [1.82, 2.24) is 4.90 Å². The molecule has 0 spiro atoms. The molecule has 0 fully saturated rings. The van der Waals surface area contributed by atoms with Crippen LogP contribution in [0.5, 0.6) is 28.7 Å². The molecule has 0 bridgehead atoms. The Hall–Kier alpha value is -3.49. The maximum Gasteiger partial charge on any atom is 0.231 e. The van der Waals surface area contributed by atoms with E-state index in [1.54, 1.807) is 27.4 Å². The average molecular weight is 566 g/mol. The molecule has 8 heteroatoms. The number of carbonyl (C=O) groups excluding carboxylic acids is 1. The zero-order valence-electron chi connectivity index (χ0n) is 21.2. The summed E-state index contributed by atoms with van der Waals surface area (Å²) in [5.74, 6) is 3.55. The quantitative estimate of drug-likeness (QED) is 0.335. The van der Waals surface area contributed by atoms with Gasteiger partial charge in [0.2, 0.25) is 5.78 Å². The number of benzene rings is 3. The van der Waals surface area contributed by atoms with Crippen molar-refractivity contribution in [2.75, 3.05) is 34.6 Å². The topological polar surface area (TPSA) is 66.5 Å². The summed E-state index contributed by atoms with van der Waals surface area (Å²) < 4.78 is 29.3. The summed E-state index contributed by atoms with van der Waals surface area (Å²) in [6.07, 6.45) is 2.55. The van der Waals surface area contributed by atoms with Crippen LogP contribution in [-0.4, -0.2) is 45.3 Å². The number of methoxy groups -OCH3 is 3. The van der Waals surface area contributed by atoms with Crippen LogP contribution in [0.3, 0.4) is 0 Å². The van der Waals surface area contributed by atoms with Gasteiger partial charge in [0.15, 0.2) is 17.3 Å². The highest BCUT2D eigenvalue weighted by Gasteiger charge is 2.33. The van der Waals surface area contributed by atoms with Crippen LogP contribution in [0.2, 0.25) is 0 Å². The number of Topliss-reactive ketones (excluding diaryl/α,β-unsaturated/α-hetero) is 1. The van der Waals surface area contributed by atoms with Crippen molar-refractivity contribution in [2.45, 2.75) is 19.9 Å². The highest BCUT2D eigenvalue weighted by molar-refractivity contribution is 9.10. The van der Waals surface area contributed by atoms with E-state index in [1.807, 2.05) is 49.4 Å². The Labute approximate surface area is 224 Å². The van der Waals surface area contributed by atoms with Crippen LogP contribution < -0.4 is 23.7 Å². The fourth-order valence-electron chi connectivity index (χ4n) is 4.72. The third-order valence-corrected chi connectivity index (χ3v) is 7.14. The summed E-state index contributed by atoms with van der Waals surface area (Å²) in [5, 5.41) is 0. The summed E-state index contributed by atoms with van der Waals surface area (Å²) in [6, 6.07) is 13.5. The van der Waals surface area contributed by atoms with Crippen LogP contribution in [0.25, 0.3) is 6.08 Å². The summed E-state index contributed by atoms with van der Waals surface area (Å²) in [6.45, 7) is 3.88. The molecule has 2 aliphatic heterocycles. The molecule has 0 radical (unpaired) electrons. The van der Waals surface area contributed by atoms with Gasteiger partial charge in [0.25, 0.3) is 0 Å². The Bertz CT molecular complexity index is 1400. The van der Waals surface area contributed by atoms with E-state index in [1.165, 1.54) is 0 Å². The number of hydrogen-bond acceptors (Lipinski definition) is 7. The van der Waals surface area contributed by atoms with Crippen molar-refractivity contribution in [3.05, 3.63) is 80.5 Å². The summed E-state index contributed by atoms with van der Waals surface area (Å²) >= 11 is 3.48. The number of rotatable bonds is 7. The second-order valence-corrected chi connectivity index (χ2v) is 9.87. The Balaban J connectivity index is 1.35. The Morgan fingerprint density at radius 3 is 2.49 bits per heavy atom. The molecule has 5 rings (SSSR count). The Morgan fingerprint density at radius 2 is 1.73 bits per heavy atom. The molecule has 37 heavy (non-hydrogen) atoms. The van der Waals surface area contributed by atoms with Gasteiger partial charge < -0.3 is 23.7 Å². The van der Waals surface area contributed by atoms with Crippen LogP contribution in [0.4, 0.5) is 0 Å². The van der Waals surface area contributed by atoms with Crippen LogP contribution in [-0.2, 0) is 13.0 Å². The molecule has 0 unspecified atom stereocenters. The fourth-order valence-corrected chi connectivity index (χ4v) is 5.10.